The van der Waals surface area contributed by atoms with E-state index in [1.807, 2.05) is 20.8 Å². The largest absolute Gasteiger partial charge is 0.465 e. The first-order chi connectivity index (χ1) is 12.7. The highest BCUT2D eigenvalue weighted by atomic mass is 16.5. The fourth-order valence-electron chi connectivity index (χ4n) is 6.67. The second kappa shape index (κ2) is 8.11. The zero-order chi connectivity index (χ0) is 21.4. The van der Waals surface area contributed by atoms with Crippen LogP contribution in [0.3, 0.4) is 0 Å². The predicted molar refractivity (Wildman–Crippen MR) is 115 cm³/mol. The van der Waals surface area contributed by atoms with Gasteiger partial charge >= 0.3 is 5.97 Å². The average molecular weight is 393 g/mol. The summed E-state index contributed by atoms with van der Waals surface area (Å²) in [7, 11) is 0. The number of Topliss-reactive ketones (excluding diaryl/α,β-unsaturated/α-hetero) is 1. The molecular weight excluding hydrogens is 348 g/mol. The molecule has 0 N–H and O–H groups in total. The lowest BCUT2D eigenvalue weighted by Crippen LogP contribution is -2.55. The van der Waals surface area contributed by atoms with Gasteiger partial charge in [0.1, 0.15) is 5.78 Å². The number of hydrogen-bond donors (Lipinski definition) is 0. The second-order valence-electron chi connectivity index (χ2n) is 12.0. The summed E-state index contributed by atoms with van der Waals surface area (Å²) in [5.41, 5.74) is 0.331. The Morgan fingerprint density at radius 1 is 1.04 bits per heavy atom. The molecule has 2 saturated carbocycles. The lowest BCUT2D eigenvalue weighted by atomic mass is 9.42. The Balaban J connectivity index is 2.25. The number of carbonyl (C=O) groups is 2. The number of esters is 1. The highest BCUT2D eigenvalue weighted by Crippen LogP contribution is 2.65. The molecule has 0 heterocycles. The summed E-state index contributed by atoms with van der Waals surface area (Å²) in [6.45, 7) is 17.7. The molecule has 0 saturated heterocycles. The minimum Gasteiger partial charge on any atom is -0.465 e. The van der Waals surface area contributed by atoms with E-state index in [0.29, 0.717) is 30.3 Å². The Hall–Kier alpha value is -0.860. The standard InChI is InChI=1S/C25H44O3/c1-18(26)10-15-24(7)16-11-19-23(5,6)13-9-14-25(19,8)20(24)12-17-28-21(27)22(2,3)4/h19-20H,9-17H2,1-8H3/t19-,20-,24+,25-/m1/s1. The molecule has 0 bridgehead atoms. The molecule has 2 aliphatic carbocycles. The Kier molecular flexibility index (Phi) is 6.78. The van der Waals surface area contributed by atoms with Crippen molar-refractivity contribution in [2.45, 2.75) is 107 Å². The van der Waals surface area contributed by atoms with E-state index in [1.165, 1.54) is 32.1 Å². The van der Waals surface area contributed by atoms with Crippen LogP contribution in [0.5, 0.6) is 0 Å². The van der Waals surface area contributed by atoms with Gasteiger partial charge in [-0.1, -0.05) is 34.1 Å². The van der Waals surface area contributed by atoms with Crippen LogP contribution in [-0.2, 0) is 14.3 Å². The van der Waals surface area contributed by atoms with Gasteiger partial charge < -0.3 is 9.53 Å². The average Bonchev–Trinajstić information content (AvgIpc) is 2.54. The van der Waals surface area contributed by atoms with Gasteiger partial charge in [0.15, 0.2) is 0 Å². The van der Waals surface area contributed by atoms with Gasteiger partial charge in [-0.3, -0.25) is 4.79 Å². The third kappa shape index (κ3) is 4.82. The molecule has 2 rings (SSSR count). The fourth-order valence-corrected chi connectivity index (χ4v) is 6.67. The lowest BCUT2D eigenvalue weighted by Gasteiger charge is -2.63. The van der Waals surface area contributed by atoms with E-state index in [0.717, 1.165) is 12.8 Å². The molecule has 3 nitrogen and oxygen atoms in total. The van der Waals surface area contributed by atoms with Gasteiger partial charge in [0.25, 0.3) is 0 Å². The normalized spacial score (nSPS) is 35.1. The van der Waals surface area contributed by atoms with Crippen molar-refractivity contribution in [1.29, 1.82) is 0 Å². The van der Waals surface area contributed by atoms with Crippen LogP contribution in [0.1, 0.15) is 107 Å². The van der Waals surface area contributed by atoms with E-state index < -0.39 is 5.41 Å². The van der Waals surface area contributed by atoms with E-state index in [2.05, 4.69) is 27.7 Å². The Labute approximate surface area is 173 Å². The first-order valence-corrected chi connectivity index (χ1v) is 11.4. The number of carbonyl (C=O) groups excluding carboxylic acids is 2. The molecule has 162 valence electrons. The molecule has 0 unspecified atom stereocenters. The summed E-state index contributed by atoms with van der Waals surface area (Å²) in [5.74, 6) is 1.38. The molecule has 0 aromatic rings. The first-order valence-electron chi connectivity index (χ1n) is 11.4. The molecule has 28 heavy (non-hydrogen) atoms. The molecule has 2 fully saturated rings. The van der Waals surface area contributed by atoms with Gasteiger partial charge in [-0.15, -0.1) is 0 Å². The molecule has 2 aliphatic rings. The maximum atomic E-state index is 12.3. The van der Waals surface area contributed by atoms with Crippen molar-refractivity contribution in [2.75, 3.05) is 6.61 Å². The molecule has 0 aromatic heterocycles. The molecule has 0 radical (unpaired) electrons. The number of ether oxygens (including phenoxy) is 1. The van der Waals surface area contributed by atoms with Crippen molar-refractivity contribution in [3.63, 3.8) is 0 Å². The van der Waals surface area contributed by atoms with Gasteiger partial charge in [0.05, 0.1) is 12.0 Å². The number of ketones is 1. The van der Waals surface area contributed by atoms with Crippen LogP contribution < -0.4 is 0 Å². The number of rotatable bonds is 6. The zero-order valence-corrected chi connectivity index (χ0v) is 19.7. The molecule has 0 aliphatic heterocycles. The van der Waals surface area contributed by atoms with Crippen LogP contribution in [0.2, 0.25) is 0 Å². The minimum absolute atomic E-state index is 0.112. The number of fused-ring (bicyclic) bond motifs is 1. The lowest BCUT2D eigenvalue weighted by molar-refractivity contribution is -0.160. The van der Waals surface area contributed by atoms with E-state index in [1.54, 1.807) is 6.92 Å². The summed E-state index contributed by atoms with van der Waals surface area (Å²) in [6.07, 6.45) is 8.83. The molecular formula is C25H44O3. The van der Waals surface area contributed by atoms with Crippen LogP contribution in [0.4, 0.5) is 0 Å². The molecule has 0 aromatic carbocycles. The maximum absolute atomic E-state index is 12.3. The van der Waals surface area contributed by atoms with Crippen LogP contribution >= 0.6 is 0 Å². The fraction of sp³-hybridized carbons (Fsp3) is 0.920. The van der Waals surface area contributed by atoms with Crippen molar-refractivity contribution >= 4 is 11.8 Å². The second-order valence-corrected chi connectivity index (χ2v) is 12.0. The Bertz CT molecular complexity index is 585. The van der Waals surface area contributed by atoms with Gasteiger partial charge in [-0.05, 0) is 94.3 Å². The van der Waals surface area contributed by atoms with Gasteiger partial charge in [-0.2, -0.15) is 0 Å². The zero-order valence-electron chi connectivity index (χ0n) is 19.7. The van der Waals surface area contributed by atoms with Crippen LogP contribution in [0.25, 0.3) is 0 Å². The topological polar surface area (TPSA) is 43.4 Å². The highest BCUT2D eigenvalue weighted by molar-refractivity contribution is 5.75. The summed E-state index contributed by atoms with van der Waals surface area (Å²) in [4.78, 5) is 24.0. The number of hydrogen-bond acceptors (Lipinski definition) is 3. The predicted octanol–water partition coefficient (Wildman–Crippen LogP) is 6.58. The van der Waals surface area contributed by atoms with E-state index >= 15 is 0 Å². The van der Waals surface area contributed by atoms with Gasteiger partial charge in [-0.25, -0.2) is 0 Å². The molecule has 3 heteroatoms. The smallest absolute Gasteiger partial charge is 0.311 e. The summed E-state index contributed by atoms with van der Waals surface area (Å²) >= 11 is 0. The van der Waals surface area contributed by atoms with Crippen molar-refractivity contribution in [2.24, 2.45) is 33.5 Å². The van der Waals surface area contributed by atoms with E-state index in [4.69, 9.17) is 4.74 Å². The summed E-state index contributed by atoms with van der Waals surface area (Å²) < 4.78 is 5.70. The Morgan fingerprint density at radius 3 is 2.25 bits per heavy atom. The van der Waals surface area contributed by atoms with Crippen molar-refractivity contribution < 1.29 is 14.3 Å². The maximum Gasteiger partial charge on any atom is 0.311 e. The van der Waals surface area contributed by atoms with Gasteiger partial charge in [0.2, 0.25) is 0 Å². The van der Waals surface area contributed by atoms with Crippen LogP contribution in [-0.4, -0.2) is 18.4 Å². The first kappa shape index (κ1) is 23.4. The quantitative estimate of drug-likeness (QED) is 0.479. The van der Waals surface area contributed by atoms with Crippen LogP contribution in [0.15, 0.2) is 0 Å². The van der Waals surface area contributed by atoms with Crippen molar-refractivity contribution in [1.82, 2.24) is 0 Å². The van der Waals surface area contributed by atoms with Crippen LogP contribution in [0, 0.1) is 33.5 Å². The van der Waals surface area contributed by atoms with E-state index in [9.17, 15) is 9.59 Å². The molecule has 4 atom stereocenters. The SMILES string of the molecule is CC(=O)CC[C@@]1(C)CC[C@@H]2C(C)(C)CCC[C@@]2(C)[C@@H]1CCOC(=O)C(C)(C)C. The third-order valence-corrected chi connectivity index (χ3v) is 8.22. The Morgan fingerprint density at radius 2 is 1.68 bits per heavy atom. The molecule has 0 amide bonds. The highest BCUT2D eigenvalue weighted by Gasteiger charge is 2.57. The summed E-state index contributed by atoms with van der Waals surface area (Å²) in [5, 5.41) is 0. The molecule has 0 spiro atoms. The van der Waals surface area contributed by atoms with Crippen molar-refractivity contribution in [3.8, 4) is 0 Å². The minimum atomic E-state index is -0.455. The van der Waals surface area contributed by atoms with Crippen molar-refractivity contribution in [3.05, 3.63) is 0 Å². The monoisotopic (exact) mass is 392 g/mol. The third-order valence-electron chi connectivity index (χ3n) is 8.22. The van der Waals surface area contributed by atoms with E-state index in [-0.39, 0.29) is 22.6 Å². The van der Waals surface area contributed by atoms with Gasteiger partial charge in [0, 0.05) is 6.42 Å². The summed E-state index contributed by atoms with van der Waals surface area (Å²) in [6, 6.07) is 0.